The van der Waals surface area contributed by atoms with Gasteiger partial charge >= 0.3 is 6.18 Å². The smallest absolute Gasteiger partial charge is 0.390 e. The summed E-state index contributed by atoms with van der Waals surface area (Å²) in [5.74, 6) is -0.844. The molecule has 3 heterocycles. The Morgan fingerprint density at radius 1 is 1.09 bits per heavy atom. The van der Waals surface area contributed by atoms with Gasteiger partial charge in [0.1, 0.15) is 17.0 Å². The zero-order valence-corrected chi connectivity index (χ0v) is 22.5. The maximum Gasteiger partial charge on any atom is 0.433 e. The van der Waals surface area contributed by atoms with Crippen LogP contribution in [0, 0.1) is 7.43 Å². The van der Waals surface area contributed by atoms with Crippen LogP contribution in [-0.2, 0) is 39.3 Å². The van der Waals surface area contributed by atoms with Gasteiger partial charge in [0.05, 0.1) is 22.6 Å². The summed E-state index contributed by atoms with van der Waals surface area (Å²) in [4.78, 5) is 20.6. The van der Waals surface area contributed by atoms with Crippen LogP contribution in [0.2, 0.25) is 0 Å². The predicted molar refractivity (Wildman–Crippen MR) is 119 cm³/mol. The van der Waals surface area contributed by atoms with Gasteiger partial charge in [-0.2, -0.15) is 13.2 Å². The Balaban J connectivity index is 0.00000289. The fourth-order valence-corrected chi connectivity index (χ4v) is 3.15. The molecular formula is C23H28F3N4O3W-. The van der Waals surface area contributed by atoms with Crippen molar-refractivity contribution >= 4 is 17.2 Å². The molecule has 0 saturated heterocycles. The van der Waals surface area contributed by atoms with Crippen LogP contribution in [0.4, 0.5) is 18.9 Å². The second kappa shape index (κ2) is 10.5. The SMILES string of the molecule is CC(C)(O)CCc1cn2cc(NC(=O)c3cccc(C(F)(F)F)n3)c(C(C)(C)O)cc2n1.[CH3-].[W]. The Morgan fingerprint density at radius 2 is 1.74 bits per heavy atom. The van der Waals surface area contributed by atoms with E-state index in [9.17, 15) is 28.2 Å². The summed E-state index contributed by atoms with van der Waals surface area (Å²) in [6.45, 7) is 6.44. The first-order chi connectivity index (χ1) is 14.6. The monoisotopic (exact) mass is 649 g/mol. The summed E-state index contributed by atoms with van der Waals surface area (Å²) in [7, 11) is 0. The van der Waals surface area contributed by atoms with E-state index in [0.29, 0.717) is 29.7 Å². The molecule has 0 aliphatic rings. The van der Waals surface area contributed by atoms with Gasteiger partial charge in [-0.3, -0.25) is 4.79 Å². The number of hydrogen-bond acceptors (Lipinski definition) is 5. The fraction of sp³-hybridized carbons (Fsp3) is 0.391. The van der Waals surface area contributed by atoms with Crippen LogP contribution in [0.3, 0.4) is 0 Å². The summed E-state index contributed by atoms with van der Waals surface area (Å²) >= 11 is 0. The summed E-state index contributed by atoms with van der Waals surface area (Å²) in [5, 5.41) is 23.1. The number of pyridine rings is 2. The second-order valence-corrected chi connectivity index (χ2v) is 8.83. The van der Waals surface area contributed by atoms with Gasteiger partial charge in [0, 0.05) is 39.0 Å². The molecule has 0 unspecified atom stereocenters. The Hall–Kier alpha value is -2.29. The first-order valence-electron chi connectivity index (χ1n) is 9.96. The van der Waals surface area contributed by atoms with Crippen LogP contribution < -0.4 is 5.32 Å². The first kappa shape index (κ1) is 29.7. The predicted octanol–water partition coefficient (Wildman–Crippen LogP) is 4.38. The third kappa shape index (κ3) is 7.35. The number of rotatable bonds is 6. The summed E-state index contributed by atoms with van der Waals surface area (Å²) in [6, 6.07) is 4.67. The van der Waals surface area contributed by atoms with Gasteiger partial charge in [0.25, 0.3) is 5.91 Å². The van der Waals surface area contributed by atoms with Gasteiger partial charge in [-0.05, 0) is 58.7 Å². The average molecular weight is 649 g/mol. The molecule has 7 nitrogen and oxygen atoms in total. The molecule has 3 rings (SSSR count). The number of nitrogens with zero attached hydrogens (tertiary/aromatic N) is 3. The number of hydrogen-bond donors (Lipinski definition) is 3. The molecule has 0 aromatic carbocycles. The quantitative estimate of drug-likeness (QED) is 0.345. The van der Waals surface area contributed by atoms with E-state index in [4.69, 9.17) is 0 Å². The fourth-order valence-electron chi connectivity index (χ4n) is 3.15. The van der Waals surface area contributed by atoms with Crippen molar-refractivity contribution in [2.24, 2.45) is 0 Å². The number of fused-ring (bicyclic) bond motifs is 1. The zero-order chi connectivity index (χ0) is 23.9. The van der Waals surface area contributed by atoms with Gasteiger partial charge in [0.2, 0.25) is 0 Å². The van der Waals surface area contributed by atoms with E-state index >= 15 is 0 Å². The zero-order valence-electron chi connectivity index (χ0n) is 19.6. The number of carbonyl (C=O) groups is 1. The minimum atomic E-state index is -4.68. The Labute approximate surface area is 210 Å². The number of imidazole rings is 1. The Bertz CT molecular complexity index is 1150. The van der Waals surface area contributed by atoms with Crippen molar-refractivity contribution in [3.8, 4) is 0 Å². The largest absolute Gasteiger partial charge is 0.433 e. The molecule has 0 spiro atoms. The number of nitrogens with one attached hydrogen (secondary N) is 1. The van der Waals surface area contributed by atoms with Crippen molar-refractivity contribution in [2.45, 2.75) is 57.9 Å². The van der Waals surface area contributed by atoms with Crippen molar-refractivity contribution in [1.29, 1.82) is 0 Å². The number of alkyl halides is 3. The molecule has 1 amide bonds. The molecule has 11 heteroatoms. The standard InChI is InChI=1S/C22H25F3N4O3.CH3.W/c1-20(2,31)9-8-13-11-29-12-16(14(21(3,4)32)10-18(29)26-13)28-19(30)15-6-5-7-17(27-15)22(23,24)25;;/h5-7,10-12,31-32H,8-9H2,1-4H3,(H,28,30);1H3;/q;-1;. The molecule has 186 valence electrons. The van der Waals surface area contributed by atoms with Crippen molar-refractivity contribution in [3.05, 3.63) is 66.7 Å². The van der Waals surface area contributed by atoms with Gasteiger partial charge in [0.15, 0.2) is 0 Å². The van der Waals surface area contributed by atoms with Crippen molar-refractivity contribution in [1.82, 2.24) is 14.4 Å². The molecule has 0 bridgehead atoms. The number of aliphatic hydroxyl groups is 2. The van der Waals surface area contributed by atoms with E-state index in [2.05, 4.69) is 15.3 Å². The third-order valence-electron chi connectivity index (χ3n) is 4.82. The molecule has 3 aromatic rings. The Morgan fingerprint density at radius 3 is 2.29 bits per heavy atom. The third-order valence-corrected chi connectivity index (χ3v) is 4.82. The van der Waals surface area contributed by atoms with Crippen molar-refractivity contribution in [3.63, 3.8) is 0 Å². The molecule has 0 radical (unpaired) electrons. The van der Waals surface area contributed by atoms with Crippen LogP contribution in [-0.4, -0.2) is 36.1 Å². The van der Waals surface area contributed by atoms with E-state index in [-0.39, 0.29) is 34.2 Å². The first-order valence-corrected chi connectivity index (χ1v) is 9.96. The number of carbonyl (C=O) groups excluding carboxylic acids is 1. The minimum absolute atomic E-state index is 0. The van der Waals surface area contributed by atoms with Crippen molar-refractivity contribution in [2.75, 3.05) is 5.32 Å². The average Bonchev–Trinajstić information content (AvgIpc) is 3.06. The molecule has 34 heavy (non-hydrogen) atoms. The van der Waals surface area contributed by atoms with Crippen LogP contribution >= 0.6 is 0 Å². The molecule has 0 atom stereocenters. The summed E-state index contributed by atoms with van der Waals surface area (Å²) in [5.41, 5.74) is -2.03. The van der Waals surface area contributed by atoms with Gasteiger partial charge in [-0.25, -0.2) is 9.97 Å². The molecule has 0 aliphatic carbocycles. The van der Waals surface area contributed by atoms with Crippen molar-refractivity contribution < 1.29 is 49.2 Å². The summed E-state index contributed by atoms with van der Waals surface area (Å²) in [6.07, 6.45) is -0.412. The van der Waals surface area contributed by atoms with E-state index in [1.165, 1.54) is 26.1 Å². The van der Waals surface area contributed by atoms with Gasteiger partial charge in [-0.1, -0.05) is 6.07 Å². The van der Waals surface area contributed by atoms with Gasteiger partial charge < -0.3 is 27.4 Å². The number of anilines is 1. The molecule has 3 N–H and O–H groups in total. The maximum atomic E-state index is 12.9. The van der Waals surface area contributed by atoms with Crippen LogP contribution in [0.5, 0.6) is 0 Å². The minimum Gasteiger partial charge on any atom is -0.390 e. The molecule has 0 aliphatic heterocycles. The number of aromatic nitrogens is 3. The topological polar surface area (TPSA) is 99.8 Å². The van der Waals surface area contributed by atoms with Crippen LogP contribution in [0.25, 0.3) is 5.65 Å². The normalized spacial score (nSPS) is 12.1. The number of amides is 1. The van der Waals surface area contributed by atoms with Crippen LogP contribution in [0.15, 0.2) is 36.7 Å². The maximum absolute atomic E-state index is 12.9. The number of aryl methyl sites for hydroxylation is 1. The number of halogens is 3. The molecule has 0 saturated carbocycles. The molecular weight excluding hydrogens is 621 g/mol. The van der Waals surface area contributed by atoms with Gasteiger partial charge in [-0.15, -0.1) is 0 Å². The van der Waals surface area contributed by atoms with E-state index in [0.717, 1.165) is 12.1 Å². The van der Waals surface area contributed by atoms with E-state index in [1.807, 2.05) is 0 Å². The second-order valence-electron chi connectivity index (χ2n) is 8.83. The Kier molecular flexibility index (Phi) is 9.22. The molecule has 0 fully saturated rings. The summed E-state index contributed by atoms with van der Waals surface area (Å²) < 4.78 is 40.5. The molecule has 3 aromatic heterocycles. The van der Waals surface area contributed by atoms with Crippen LogP contribution in [0.1, 0.15) is 61.6 Å². The van der Waals surface area contributed by atoms with E-state index < -0.39 is 34.7 Å². The van der Waals surface area contributed by atoms with E-state index in [1.54, 1.807) is 30.5 Å².